The Labute approximate surface area is 101 Å². The summed E-state index contributed by atoms with van der Waals surface area (Å²) in [4.78, 5) is 15.7. The van der Waals surface area contributed by atoms with Crippen molar-refractivity contribution in [2.75, 3.05) is 19.0 Å². The van der Waals surface area contributed by atoms with Gasteiger partial charge in [-0.05, 0) is 25.8 Å². The molecule has 1 heterocycles. The highest BCUT2D eigenvalue weighted by Crippen LogP contribution is 2.23. The second kappa shape index (κ2) is 5.03. The molecule has 1 aliphatic carbocycles. The van der Waals surface area contributed by atoms with Gasteiger partial charge in [-0.15, -0.1) is 0 Å². The fourth-order valence-corrected chi connectivity index (χ4v) is 1.53. The van der Waals surface area contributed by atoms with Crippen molar-refractivity contribution >= 4 is 11.6 Å². The van der Waals surface area contributed by atoms with Gasteiger partial charge in [0.1, 0.15) is 0 Å². The Morgan fingerprint density at radius 3 is 3.00 bits per heavy atom. The second-order valence-electron chi connectivity index (χ2n) is 4.22. The van der Waals surface area contributed by atoms with Crippen LogP contribution in [0.3, 0.4) is 0 Å². The quantitative estimate of drug-likeness (QED) is 0.802. The van der Waals surface area contributed by atoms with E-state index in [0.29, 0.717) is 11.8 Å². The molecule has 0 atom stereocenters. The molecule has 5 nitrogen and oxygen atoms in total. The van der Waals surface area contributed by atoms with Crippen molar-refractivity contribution in [1.29, 1.82) is 0 Å². The average molecular weight is 235 g/mol. The first-order valence-corrected chi connectivity index (χ1v) is 5.73. The van der Waals surface area contributed by atoms with Gasteiger partial charge in [-0.3, -0.25) is 9.78 Å². The van der Waals surface area contributed by atoms with Crippen LogP contribution in [-0.2, 0) is 4.79 Å². The number of rotatable bonds is 5. The molecule has 0 aromatic carbocycles. The van der Waals surface area contributed by atoms with Crippen molar-refractivity contribution in [3.63, 3.8) is 0 Å². The molecule has 2 rings (SSSR count). The van der Waals surface area contributed by atoms with E-state index in [2.05, 4.69) is 15.6 Å². The van der Waals surface area contributed by atoms with Gasteiger partial charge in [0.2, 0.25) is 5.91 Å². The number of ether oxygens (including phenoxy) is 1. The molecule has 0 aliphatic heterocycles. The van der Waals surface area contributed by atoms with Crippen LogP contribution in [0.15, 0.2) is 12.3 Å². The highest BCUT2D eigenvalue weighted by atomic mass is 16.5. The highest BCUT2D eigenvalue weighted by Gasteiger charge is 2.22. The van der Waals surface area contributed by atoms with E-state index >= 15 is 0 Å². The first-order valence-electron chi connectivity index (χ1n) is 5.73. The molecule has 2 N–H and O–H groups in total. The summed E-state index contributed by atoms with van der Waals surface area (Å²) >= 11 is 0. The number of aryl methyl sites for hydroxylation is 1. The molecule has 0 saturated heterocycles. The summed E-state index contributed by atoms with van der Waals surface area (Å²) < 4.78 is 5.17. The van der Waals surface area contributed by atoms with Crippen molar-refractivity contribution < 1.29 is 9.53 Å². The summed E-state index contributed by atoms with van der Waals surface area (Å²) in [6.45, 7) is 2.16. The van der Waals surface area contributed by atoms with E-state index in [9.17, 15) is 4.79 Å². The number of hydrogen-bond donors (Lipinski definition) is 2. The number of carbonyl (C=O) groups is 1. The molecule has 0 bridgehead atoms. The lowest BCUT2D eigenvalue weighted by atomic mass is 10.3. The van der Waals surface area contributed by atoms with Gasteiger partial charge in [0.15, 0.2) is 5.75 Å². The molecule has 0 radical (unpaired) electrons. The van der Waals surface area contributed by atoms with Gasteiger partial charge in [0, 0.05) is 11.7 Å². The van der Waals surface area contributed by atoms with Gasteiger partial charge in [0.25, 0.3) is 0 Å². The lowest BCUT2D eigenvalue weighted by Crippen LogP contribution is -2.31. The van der Waals surface area contributed by atoms with Crippen LogP contribution >= 0.6 is 0 Å². The standard InChI is InChI=1S/C12H17N3O2/c1-8-5-10(11(17-2)6-13-8)14-7-12(16)15-9-3-4-9/h5-6,9H,3-4,7H2,1-2H3,(H,13,14)(H,15,16). The number of nitrogens with zero attached hydrogens (tertiary/aromatic N) is 1. The van der Waals surface area contributed by atoms with Crippen LogP contribution in [0.4, 0.5) is 5.69 Å². The van der Waals surface area contributed by atoms with E-state index in [1.54, 1.807) is 13.3 Å². The van der Waals surface area contributed by atoms with Crippen molar-refractivity contribution in [3.8, 4) is 5.75 Å². The number of hydrogen-bond acceptors (Lipinski definition) is 4. The molecular formula is C12H17N3O2. The molecule has 1 aliphatic rings. The normalized spacial score (nSPS) is 14.2. The van der Waals surface area contributed by atoms with Gasteiger partial charge in [-0.2, -0.15) is 0 Å². The molecule has 1 aromatic heterocycles. The molecule has 1 amide bonds. The Bertz CT molecular complexity index is 416. The lowest BCUT2D eigenvalue weighted by molar-refractivity contribution is -0.119. The fraction of sp³-hybridized carbons (Fsp3) is 0.500. The number of nitrogens with one attached hydrogen (secondary N) is 2. The van der Waals surface area contributed by atoms with Gasteiger partial charge >= 0.3 is 0 Å². The number of pyridine rings is 1. The maximum Gasteiger partial charge on any atom is 0.239 e. The predicted octanol–water partition coefficient (Wildman–Crippen LogP) is 1.09. The third-order valence-electron chi connectivity index (χ3n) is 2.61. The van der Waals surface area contributed by atoms with E-state index in [4.69, 9.17) is 4.74 Å². The highest BCUT2D eigenvalue weighted by molar-refractivity contribution is 5.81. The third-order valence-corrected chi connectivity index (χ3v) is 2.61. The predicted molar refractivity (Wildman–Crippen MR) is 65.2 cm³/mol. The zero-order chi connectivity index (χ0) is 12.3. The first kappa shape index (κ1) is 11.7. The third kappa shape index (κ3) is 3.34. The van der Waals surface area contributed by atoms with E-state index in [1.807, 2.05) is 13.0 Å². The minimum Gasteiger partial charge on any atom is -0.493 e. The molecule has 0 spiro atoms. The van der Waals surface area contributed by atoms with Crippen LogP contribution in [-0.4, -0.2) is 30.6 Å². The van der Waals surface area contributed by atoms with Crippen LogP contribution in [0.25, 0.3) is 0 Å². The lowest BCUT2D eigenvalue weighted by Gasteiger charge is -2.11. The zero-order valence-corrected chi connectivity index (χ0v) is 10.1. The zero-order valence-electron chi connectivity index (χ0n) is 10.1. The Balaban J connectivity index is 1.92. The molecule has 5 heteroatoms. The molecule has 92 valence electrons. The van der Waals surface area contributed by atoms with Gasteiger partial charge in [-0.1, -0.05) is 0 Å². The Hall–Kier alpha value is -1.78. The summed E-state index contributed by atoms with van der Waals surface area (Å²) in [5.74, 6) is 0.666. The summed E-state index contributed by atoms with van der Waals surface area (Å²) in [6.07, 6.45) is 3.85. The fourth-order valence-electron chi connectivity index (χ4n) is 1.53. The Morgan fingerprint density at radius 1 is 1.59 bits per heavy atom. The number of anilines is 1. The maximum atomic E-state index is 11.5. The summed E-state index contributed by atoms with van der Waals surface area (Å²) in [5.41, 5.74) is 1.68. The maximum absolute atomic E-state index is 11.5. The van der Waals surface area contributed by atoms with Crippen molar-refractivity contribution in [2.45, 2.75) is 25.8 Å². The minimum absolute atomic E-state index is 0.0176. The smallest absolute Gasteiger partial charge is 0.239 e. The number of carbonyl (C=O) groups excluding carboxylic acids is 1. The van der Waals surface area contributed by atoms with Gasteiger partial charge in [0.05, 0.1) is 25.5 Å². The van der Waals surface area contributed by atoms with Crippen LogP contribution in [0.1, 0.15) is 18.5 Å². The first-order chi connectivity index (χ1) is 8.19. The van der Waals surface area contributed by atoms with Crippen molar-refractivity contribution in [2.24, 2.45) is 0 Å². The molecule has 0 unspecified atom stereocenters. The van der Waals surface area contributed by atoms with E-state index in [-0.39, 0.29) is 12.5 Å². The molecule has 1 fully saturated rings. The van der Waals surface area contributed by atoms with E-state index < -0.39 is 0 Å². The van der Waals surface area contributed by atoms with Crippen LogP contribution < -0.4 is 15.4 Å². The van der Waals surface area contributed by atoms with Crippen molar-refractivity contribution in [3.05, 3.63) is 18.0 Å². The second-order valence-corrected chi connectivity index (χ2v) is 4.22. The Kier molecular flexibility index (Phi) is 3.46. The summed E-state index contributed by atoms with van der Waals surface area (Å²) in [5, 5.41) is 5.98. The van der Waals surface area contributed by atoms with Gasteiger partial charge < -0.3 is 15.4 Å². The number of aromatic nitrogens is 1. The molecule has 1 aromatic rings. The number of amides is 1. The topological polar surface area (TPSA) is 63.2 Å². The molecule has 1 saturated carbocycles. The monoisotopic (exact) mass is 235 g/mol. The van der Waals surface area contributed by atoms with Crippen molar-refractivity contribution in [1.82, 2.24) is 10.3 Å². The average Bonchev–Trinajstić information content (AvgIpc) is 3.10. The summed E-state index contributed by atoms with van der Waals surface area (Å²) in [6, 6.07) is 2.26. The van der Waals surface area contributed by atoms with Crippen LogP contribution in [0, 0.1) is 6.92 Å². The van der Waals surface area contributed by atoms with Gasteiger partial charge in [-0.25, -0.2) is 0 Å². The van der Waals surface area contributed by atoms with Crippen LogP contribution in [0.5, 0.6) is 5.75 Å². The number of methoxy groups -OCH3 is 1. The molecular weight excluding hydrogens is 218 g/mol. The minimum atomic E-state index is 0.0176. The van der Waals surface area contributed by atoms with E-state index in [0.717, 1.165) is 24.2 Å². The SMILES string of the molecule is COc1cnc(C)cc1NCC(=O)NC1CC1. The van der Waals surface area contributed by atoms with Crippen LogP contribution in [0.2, 0.25) is 0 Å². The van der Waals surface area contributed by atoms with E-state index in [1.165, 1.54) is 0 Å². The largest absolute Gasteiger partial charge is 0.493 e. The molecule has 17 heavy (non-hydrogen) atoms. The Morgan fingerprint density at radius 2 is 2.35 bits per heavy atom. The summed E-state index contributed by atoms with van der Waals surface area (Å²) in [7, 11) is 1.59.